The first-order valence-electron chi connectivity index (χ1n) is 2.68. The summed E-state index contributed by atoms with van der Waals surface area (Å²) < 4.78 is 38.9. The Bertz CT molecular complexity index is 216. The van der Waals surface area contributed by atoms with E-state index in [1.807, 2.05) is 0 Å². The van der Waals surface area contributed by atoms with Gasteiger partial charge >= 0.3 is 58.4 Å². The Kier molecular flexibility index (Phi) is 6.69. The first kappa shape index (κ1) is 13.4. The molecule has 62 valence electrons. The van der Waals surface area contributed by atoms with Gasteiger partial charge in [-0.2, -0.15) is 4.37 Å². The first-order valence-corrected chi connectivity index (χ1v) is 4.44. The molecule has 0 N–H and O–H groups in total. The van der Waals surface area contributed by atoms with Gasteiger partial charge in [0, 0.05) is 0 Å². The summed E-state index contributed by atoms with van der Waals surface area (Å²) in [6.07, 6.45) is 1.25. The minimum Gasteiger partial charge on any atom is -0.448 e. The fourth-order valence-corrected chi connectivity index (χ4v) is 1.67. The summed E-state index contributed by atoms with van der Waals surface area (Å²) in [6.45, 7) is -4.71. The Morgan fingerprint density at radius 3 is 2.58 bits per heavy atom. The molecule has 0 aliphatic carbocycles. The standard InChI is InChI=1S/C3H3BF3N2S2.K/c5-4(6,7)1-10-3-8-2-9-11-3;/h2H,1H2;/q-1;+1. The summed E-state index contributed by atoms with van der Waals surface area (Å²) in [5, 5.41) is 0. The Balaban J connectivity index is 0.00000121. The quantitative estimate of drug-likeness (QED) is 0.500. The van der Waals surface area contributed by atoms with Crippen molar-refractivity contribution < 1.29 is 64.3 Å². The van der Waals surface area contributed by atoms with Gasteiger partial charge in [-0.15, -0.1) is 11.8 Å². The van der Waals surface area contributed by atoms with Crippen molar-refractivity contribution in [2.45, 2.75) is 4.34 Å². The normalized spacial score (nSPS) is 10.9. The third-order valence-corrected chi connectivity index (χ3v) is 2.67. The van der Waals surface area contributed by atoms with E-state index in [-0.39, 0.29) is 51.4 Å². The Morgan fingerprint density at radius 1 is 1.50 bits per heavy atom. The van der Waals surface area contributed by atoms with Crippen molar-refractivity contribution in [1.82, 2.24) is 9.36 Å². The number of nitrogens with zero attached hydrogens (tertiary/aromatic N) is 2. The van der Waals surface area contributed by atoms with Gasteiger partial charge in [0.2, 0.25) is 0 Å². The van der Waals surface area contributed by atoms with Crippen LogP contribution in [0.25, 0.3) is 0 Å². The molecule has 12 heavy (non-hydrogen) atoms. The molecule has 0 bridgehead atoms. The van der Waals surface area contributed by atoms with Crippen molar-refractivity contribution in [2.75, 3.05) is 5.65 Å². The molecule has 9 heteroatoms. The predicted octanol–water partition coefficient (Wildman–Crippen LogP) is -0.979. The van der Waals surface area contributed by atoms with Crippen molar-refractivity contribution in [3.05, 3.63) is 6.33 Å². The van der Waals surface area contributed by atoms with Gasteiger partial charge in [-0.3, -0.25) is 0 Å². The molecule has 0 atom stereocenters. The van der Waals surface area contributed by atoms with E-state index >= 15 is 0 Å². The molecule has 1 aromatic rings. The van der Waals surface area contributed by atoms with Gasteiger partial charge in [0.1, 0.15) is 6.33 Å². The second kappa shape index (κ2) is 5.99. The Morgan fingerprint density at radius 2 is 2.17 bits per heavy atom. The zero-order chi connectivity index (χ0) is 8.32. The van der Waals surface area contributed by atoms with Crippen LogP contribution in [0.2, 0.25) is 0 Å². The van der Waals surface area contributed by atoms with Crippen LogP contribution < -0.4 is 51.4 Å². The molecular weight excluding hydrogens is 235 g/mol. The van der Waals surface area contributed by atoms with Crippen molar-refractivity contribution in [3.63, 3.8) is 0 Å². The molecule has 0 aliphatic rings. The van der Waals surface area contributed by atoms with E-state index in [2.05, 4.69) is 9.36 Å². The van der Waals surface area contributed by atoms with Crippen LogP contribution in [0.5, 0.6) is 0 Å². The summed E-state index contributed by atoms with van der Waals surface area (Å²) in [5.41, 5.74) is -0.838. The van der Waals surface area contributed by atoms with E-state index in [0.717, 1.165) is 11.5 Å². The summed E-state index contributed by atoms with van der Waals surface area (Å²) in [5.74, 6) is 0. The molecule has 0 saturated carbocycles. The second-order valence-corrected chi connectivity index (χ2v) is 3.78. The van der Waals surface area contributed by atoms with Gasteiger partial charge in [0.25, 0.3) is 0 Å². The van der Waals surface area contributed by atoms with Gasteiger partial charge in [-0.1, -0.05) is 0 Å². The van der Waals surface area contributed by atoms with Gasteiger partial charge in [-0.25, -0.2) is 4.98 Å². The molecule has 2 nitrogen and oxygen atoms in total. The topological polar surface area (TPSA) is 25.8 Å². The number of halogens is 3. The van der Waals surface area contributed by atoms with Gasteiger partial charge in [-0.05, 0) is 17.2 Å². The van der Waals surface area contributed by atoms with Crippen LogP contribution in [0.1, 0.15) is 0 Å². The third kappa shape index (κ3) is 5.95. The molecule has 0 unspecified atom stereocenters. The molecule has 0 spiro atoms. The predicted molar refractivity (Wildman–Crippen MR) is 39.7 cm³/mol. The van der Waals surface area contributed by atoms with E-state index in [4.69, 9.17) is 0 Å². The van der Waals surface area contributed by atoms with E-state index in [0.29, 0.717) is 16.1 Å². The number of aromatic nitrogens is 2. The zero-order valence-corrected chi connectivity index (χ0v) is 11.0. The molecule has 1 rings (SSSR count). The van der Waals surface area contributed by atoms with E-state index in [1.54, 1.807) is 0 Å². The molecule has 1 heterocycles. The maximum atomic E-state index is 11.6. The van der Waals surface area contributed by atoms with Crippen LogP contribution in [0.15, 0.2) is 10.7 Å². The molecule has 0 radical (unpaired) electrons. The van der Waals surface area contributed by atoms with E-state index < -0.39 is 12.6 Å². The van der Waals surface area contributed by atoms with Crippen molar-refractivity contribution in [1.29, 1.82) is 0 Å². The Hall–Kier alpha value is 1.40. The molecule has 1 aromatic heterocycles. The maximum absolute atomic E-state index is 11.6. The maximum Gasteiger partial charge on any atom is 1.00 e. The van der Waals surface area contributed by atoms with Crippen molar-refractivity contribution >= 4 is 30.3 Å². The van der Waals surface area contributed by atoms with Crippen molar-refractivity contribution in [2.24, 2.45) is 0 Å². The van der Waals surface area contributed by atoms with Crippen LogP contribution in [-0.4, -0.2) is 22.0 Å². The first-order chi connectivity index (χ1) is 5.08. The molecule has 0 aliphatic heterocycles. The third-order valence-electron chi connectivity index (χ3n) is 0.737. The average Bonchev–Trinajstić information content (AvgIpc) is 2.32. The molecule has 0 saturated heterocycles. The molecular formula is C3H3BF3KN2S2. The summed E-state index contributed by atoms with van der Waals surface area (Å²) in [6, 6.07) is 0. The number of hydrogen-bond donors (Lipinski definition) is 0. The summed E-state index contributed by atoms with van der Waals surface area (Å²) in [7, 11) is 0. The van der Waals surface area contributed by atoms with Crippen molar-refractivity contribution in [3.8, 4) is 0 Å². The van der Waals surface area contributed by atoms with E-state index in [1.165, 1.54) is 6.33 Å². The monoisotopic (exact) mass is 238 g/mol. The fourth-order valence-electron chi connectivity index (χ4n) is 0.392. The zero-order valence-electron chi connectivity index (χ0n) is 6.21. The number of thioether (sulfide) groups is 1. The van der Waals surface area contributed by atoms with Gasteiger partial charge < -0.3 is 12.9 Å². The second-order valence-electron chi connectivity index (χ2n) is 1.73. The van der Waals surface area contributed by atoms with Crippen LogP contribution in [0, 0.1) is 0 Å². The van der Waals surface area contributed by atoms with E-state index in [9.17, 15) is 12.9 Å². The largest absolute Gasteiger partial charge is 1.00 e. The average molecular weight is 238 g/mol. The summed E-state index contributed by atoms with van der Waals surface area (Å²) >= 11 is 1.66. The molecule has 0 amide bonds. The summed E-state index contributed by atoms with van der Waals surface area (Å²) in [4.78, 5) is 3.60. The van der Waals surface area contributed by atoms with Gasteiger partial charge in [0.15, 0.2) is 4.34 Å². The number of hydrogen-bond acceptors (Lipinski definition) is 4. The van der Waals surface area contributed by atoms with Gasteiger partial charge in [0.05, 0.1) is 0 Å². The number of rotatable bonds is 3. The smallest absolute Gasteiger partial charge is 0.448 e. The van der Waals surface area contributed by atoms with Crippen LogP contribution in [0.4, 0.5) is 12.9 Å². The minimum atomic E-state index is -4.71. The SMILES string of the molecule is F[B-](F)(F)CSc1ncns1.[K+]. The molecule has 0 fully saturated rings. The van der Waals surface area contributed by atoms with Crippen LogP contribution in [-0.2, 0) is 0 Å². The minimum absolute atomic E-state index is 0. The fraction of sp³-hybridized carbons (Fsp3) is 0.333. The Labute approximate surface area is 118 Å². The molecule has 0 aromatic carbocycles. The van der Waals surface area contributed by atoms with Crippen LogP contribution in [0.3, 0.4) is 0 Å². The van der Waals surface area contributed by atoms with Crippen LogP contribution >= 0.6 is 23.3 Å².